The molecule has 3 aromatic carbocycles. The summed E-state index contributed by atoms with van der Waals surface area (Å²) < 4.78 is 6.66. The fourth-order valence-electron chi connectivity index (χ4n) is 4.72. The van der Waals surface area contributed by atoms with Crippen LogP contribution in [0.1, 0.15) is 60.0 Å². The van der Waals surface area contributed by atoms with Crippen LogP contribution in [0.15, 0.2) is 82.7 Å². The van der Waals surface area contributed by atoms with Gasteiger partial charge in [0, 0.05) is 11.3 Å². The van der Waals surface area contributed by atoms with E-state index in [9.17, 15) is 14.7 Å². The summed E-state index contributed by atoms with van der Waals surface area (Å²) in [4.78, 5) is 28.5. The second kappa shape index (κ2) is 13.4. The monoisotopic (exact) mass is 599 g/mol. The maximum Gasteiger partial charge on any atom is 0.301 e. The van der Waals surface area contributed by atoms with E-state index in [1.54, 1.807) is 12.1 Å². The lowest BCUT2D eigenvalue weighted by atomic mass is 9.95. The Balaban J connectivity index is 1.51. The van der Waals surface area contributed by atoms with Crippen LogP contribution in [0.2, 0.25) is 0 Å². The molecule has 0 bridgehead atoms. The standard InChI is InChI=1S/C33H33N3O4S2/c1-4-5-6-18-40-26-9-7-8-25(19-26)28-27(29(37)24-16-12-22(3)13-17-24)30(38)31(39)36(28)32-34-35-33(42-32)41-20-23-14-10-21(2)11-15-23/h7-17,19,28,37H,4-6,18,20H2,1-3H3. The van der Waals surface area contributed by atoms with Crippen LogP contribution >= 0.6 is 23.1 Å². The number of aryl methyl sites for hydroxylation is 2. The summed E-state index contributed by atoms with van der Waals surface area (Å²) in [5, 5.41) is 20.3. The highest BCUT2D eigenvalue weighted by atomic mass is 32.2. The number of Topliss-reactive ketones (excluding diaryl/α,β-unsaturated/α-hetero) is 1. The number of ether oxygens (including phenoxy) is 1. The van der Waals surface area contributed by atoms with Crippen molar-refractivity contribution in [2.45, 2.75) is 56.2 Å². The zero-order chi connectivity index (χ0) is 29.6. The zero-order valence-electron chi connectivity index (χ0n) is 23.9. The van der Waals surface area contributed by atoms with Crippen molar-refractivity contribution >= 4 is 45.7 Å². The van der Waals surface area contributed by atoms with Crippen LogP contribution in [0, 0.1) is 13.8 Å². The van der Waals surface area contributed by atoms with Gasteiger partial charge in [-0.3, -0.25) is 14.5 Å². The molecule has 1 aliphatic heterocycles. The molecule has 0 saturated carbocycles. The molecule has 1 aromatic heterocycles. The minimum absolute atomic E-state index is 0.0102. The first kappa shape index (κ1) is 29.5. The van der Waals surface area contributed by atoms with Crippen molar-refractivity contribution in [1.29, 1.82) is 0 Å². The highest BCUT2D eigenvalue weighted by Gasteiger charge is 2.48. The lowest BCUT2D eigenvalue weighted by molar-refractivity contribution is -0.132. The van der Waals surface area contributed by atoms with Crippen molar-refractivity contribution in [3.8, 4) is 5.75 Å². The molecule has 2 heterocycles. The molecule has 1 amide bonds. The summed E-state index contributed by atoms with van der Waals surface area (Å²) in [5.41, 5.74) is 4.47. The van der Waals surface area contributed by atoms with Crippen LogP contribution < -0.4 is 9.64 Å². The number of aliphatic hydroxyl groups is 1. The van der Waals surface area contributed by atoms with Gasteiger partial charge < -0.3 is 9.84 Å². The first-order valence-corrected chi connectivity index (χ1v) is 15.8. The van der Waals surface area contributed by atoms with E-state index in [0.29, 0.717) is 38.7 Å². The van der Waals surface area contributed by atoms with Crippen LogP contribution in [0.3, 0.4) is 0 Å². The number of hydrogen-bond donors (Lipinski definition) is 1. The van der Waals surface area contributed by atoms with E-state index < -0.39 is 17.7 Å². The smallest absolute Gasteiger partial charge is 0.301 e. The van der Waals surface area contributed by atoms with Gasteiger partial charge in [0.2, 0.25) is 5.13 Å². The van der Waals surface area contributed by atoms with Gasteiger partial charge in [-0.2, -0.15) is 0 Å². The molecule has 1 aliphatic rings. The molecule has 1 fully saturated rings. The number of carbonyl (C=O) groups excluding carboxylic acids is 2. The number of aromatic nitrogens is 2. The van der Waals surface area contributed by atoms with Crippen molar-refractivity contribution < 1.29 is 19.4 Å². The third kappa shape index (κ3) is 6.58. The number of aliphatic hydroxyl groups excluding tert-OH is 1. The molecule has 216 valence electrons. The molecule has 9 heteroatoms. The minimum atomic E-state index is -0.895. The predicted molar refractivity (Wildman–Crippen MR) is 168 cm³/mol. The number of rotatable bonds is 11. The number of carbonyl (C=O) groups is 2. The average molecular weight is 600 g/mol. The summed E-state index contributed by atoms with van der Waals surface area (Å²) in [6.07, 6.45) is 3.09. The molecular weight excluding hydrogens is 567 g/mol. The van der Waals surface area contributed by atoms with E-state index in [1.807, 2.05) is 50.2 Å². The zero-order valence-corrected chi connectivity index (χ0v) is 25.5. The summed E-state index contributed by atoms with van der Waals surface area (Å²) in [5.74, 6) is -0.419. The minimum Gasteiger partial charge on any atom is -0.507 e. The van der Waals surface area contributed by atoms with Crippen molar-refractivity contribution in [3.05, 3.63) is 106 Å². The number of unbranched alkanes of at least 4 members (excludes halogenated alkanes) is 2. The molecule has 0 spiro atoms. The third-order valence-electron chi connectivity index (χ3n) is 7.04. The van der Waals surface area contributed by atoms with Gasteiger partial charge in [0.05, 0.1) is 18.2 Å². The maximum atomic E-state index is 13.6. The normalized spacial score (nSPS) is 16.3. The first-order valence-electron chi connectivity index (χ1n) is 14.0. The number of hydrogen-bond acceptors (Lipinski definition) is 8. The Hall–Kier alpha value is -3.95. The Morgan fingerprint density at radius 1 is 0.976 bits per heavy atom. The van der Waals surface area contributed by atoms with Gasteiger partial charge in [-0.1, -0.05) is 115 Å². The van der Waals surface area contributed by atoms with E-state index in [-0.39, 0.29) is 11.3 Å². The van der Waals surface area contributed by atoms with Crippen molar-refractivity contribution in [2.75, 3.05) is 11.5 Å². The SMILES string of the molecule is CCCCCOc1cccc(C2C(=C(O)c3ccc(C)cc3)C(=O)C(=O)N2c2nnc(SCc3ccc(C)cc3)s2)c1. The van der Waals surface area contributed by atoms with Crippen molar-refractivity contribution in [3.63, 3.8) is 0 Å². The Morgan fingerprint density at radius 3 is 2.40 bits per heavy atom. The molecule has 1 saturated heterocycles. The Labute approximate surface area is 254 Å². The molecule has 0 aliphatic carbocycles. The number of amides is 1. The first-order chi connectivity index (χ1) is 20.4. The highest BCUT2D eigenvalue weighted by molar-refractivity contribution is 8.00. The van der Waals surface area contributed by atoms with Crippen LogP contribution in [-0.2, 0) is 15.3 Å². The fraction of sp³-hybridized carbons (Fsp3) is 0.273. The van der Waals surface area contributed by atoms with Gasteiger partial charge in [0.25, 0.3) is 5.78 Å². The van der Waals surface area contributed by atoms with Gasteiger partial charge in [0.1, 0.15) is 11.5 Å². The Morgan fingerprint density at radius 2 is 1.69 bits per heavy atom. The molecular formula is C33H33N3O4S2. The van der Waals surface area contributed by atoms with E-state index in [4.69, 9.17) is 4.74 Å². The molecule has 5 rings (SSSR count). The lowest BCUT2D eigenvalue weighted by Crippen LogP contribution is -2.29. The van der Waals surface area contributed by atoms with Gasteiger partial charge in [-0.25, -0.2) is 0 Å². The third-order valence-corrected chi connectivity index (χ3v) is 9.17. The van der Waals surface area contributed by atoms with Gasteiger partial charge in [-0.15, -0.1) is 10.2 Å². The number of anilines is 1. The van der Waals surface area contributed by atoms with E-state index in [2.05, 4.69) is 41.4 Å². The number of benzene rings is 3. The number of nitrogens with zero attached hydrogens (tertiary/aromatic N) is 3. The van der Waals surface area contributed by atoms with Crippen LogP contribution in [0.5, 0.6) is 5.75 Å². The van der Waals surface area contributed by atoms with E-state index in [1.165, 1.54) is 33.6 Å². The van der Waals surface area contributed by atoms with Crippen LogP contribution in [-0.4, -0.2) is 33.6 Å². The number of ketones is 1. The molecule has 1 atom stereocenters. The molecule has 1 unspecified atom stereocenters. The van der Waals surface area contributed by atoms with E-state index in [0.717, 1.165) is 30.4 Å². The Kier molecular flexibility index (Phi) is 9.39. The second-order valence-corrected chi connectivity index (χ2v) is 12.5. The lowest BCUT2D eigenvalue weighted by Gasteiger charge is -2.23. The quantitative estimate of drug-likeness (QED) is 0.0473. The van der Waals surface area contributed by atoms with Crippen LogP contribution in [0.4, 0.5) is 5.13 Å². The predicted octanol–water partition coefficient (Wildman–Crippen LogP) is 7.64. The van der Waals surface area contributed by atoms with Crippen molar-refractivity contribution in [2.24, 2.45) is 0 Å². The molecule has 1 N–H and O–H groups in total. The Bertz CT molecular complexity index is 1600. The summed E-state index contributed by atoms with van der Waals surface area (Å²) >= 11 is 2.77. The molecule has 7 nitrogen and oxygen atoms in total. The summed E-state index contributed by atoms with van der Waals surface area (Å²) in [6.45, 7) is 6.70. The molecule has 42 heavy (non-hydrogen) atoms. The van der Waals surface area contributed by atoms with Gasteiger partial charge >= 0.3 is 5.91 Å². The summed E-state index contributed by atoms with van der Waals surface area (Å²) in [6, 6.07) is 21.9. The average Bonchev–Trinajstić information content (AvgIpc) is 3.57. The maximum absolute atomic E-state index is 13.6. The highest BCUT2D eigenvalue weighted by Crippen LogP contribution is 2.44. The second-order valence-electron chi connectivity index (χ2n) is 10.3. The fourth-order valence-corrected chi connectivity index (χ4v) is 6.54. The summed E-state index contributed by atoms with van der Waals surface area (Å²) in [7, 11) is 0. The van der Waals surface area contributed by atoms with Crippen molar-refractivity contribution in [1.82, 2.24) is 10.2 Å². The van der Waals surface area contributed by atoms with E-state index >= 15 is 0 Å². The van der Waals surface area contributed by atoms with Gasteiger partial charge in [0.15, 0.2) is 4.34 Å². The largest absolute Gasteiger partial charge is 0.507 e. The molecule has 0 radical (unpaired) electrons. The topological polar surface area (TPSA) is 92.6 Å². The van der Waals surface area contributed by atoms with Crippen LogP contribution in [0.25, 0.3) is 5.76 Å². The van der Waals surface area contributed by atoms with Gasteiger partial charge in [-0.05, 0) is 43.5 Å². The molecule has 4 aromatic rings. The number of thioether (sulfide) groups is 1.